The minimum atomic E-state index is -3.64. The van der Waals surface area contributed by atoms with E-state index in [4.69, 9.17) is 54.9 Å². The average Bonchev–Trinajstić information content (AvgIpc) is 3.05. The third-order valence-corrected chi connectivity index (χ3v) is 10.5. The topological polar surface area (TPSA) is 51.2 Å². The van der Waals surface area contributed by atoms with Crippen LogP contribution in [0.1, 0.15) is 49.3 Å². The van der Waals surface area contributed by atoms with E-state index in [-0.39, 0.29) is 24.8 Å². The lowest BCUT2D eigenvalue weighted by Gasteiger charge is -2.44. The van der Waals surface area contributed by atoms with Crippen LogP contribution in [0, 0.1) is 12.3 Å². The molecule has 6 nitrogen and oxygen atoms in total. The van der Waals surface area contributed by atoms with Crippen molar-refractivity contribution in [3.8, 4) is 18.1 Å². The van der Waals surface area contributed by atoms with Crippen molar-refractivity contribution in [2.45, 2.75) is 44.5 Å². The lowest BCUT2D eigenvalue weighted by Crippen LogP contribution is -2.44. The van der Waals surface area contributed by atoms with Gasteiger partial charge in [-0.1, -0.05) is 60.7 Å². The van der Waals surface area contributed by atoms with Crippen molar-refractivity contribution in [3.63, 3.8) is 0 Å². The number of fused-ring (bicyclic) bond motifs is 1. The Bertz CT molecular complexity index is 1360. The highest BCUT2D eigenvalue weighted by Crippen LogP contribution is 2.56. The monoisotopic (exact) mass is 676 g/mol. The van der Waals surface area contributed by atoms with Gasteiger partial charge in [-0.2, -0.15) is 0 Å². The van der Waals surface area contributed by atoms with E-state index in [0.717, 1.165) is 54.7 Å². The Morgan fingerprint density at radius 3 is 2.16 bits per heavy atom. The van der Waals surface area contributed by atoms with Crippen molar-refractivity contribution in [3.05, 3.63) is 95.6 Å². The molecule has 44 heavy (non-hydrogen) atoms. The van der Waals surface area contributed by atoms with E-state index < -0.39 is 18.8 Å². The second-order valence-corrected chi connectivity index (χ2v) is 14.2. The van der Waals surface area contributed by atoms with E-state index >= 15 is 0 Å². The Kier molecular flexibility index (Phi) is 13.3. The third kappa shape index (κ3) is 8.33. The number of terminal acetylenes is 1. The van der Waals surface area contributed by atoms with Crippen molar-refractivity contribution in [1.82, 2.24) is 4.67 Å². The Balaban J connectivity index is 1.71. The number of hydrogen-bond acceptors (Lipinski definition) is 5. The maximum absolute atomic E-state index is 13.2. The van der Waals surface area contributed by atoms with Crippen LogP contribution >= 0.6 is 41.3 Å². The first-order valence-electron chi connectivity index (χ1n) is 15.0. The van der Waals surface area contributed by atoms with Gasteiger partial charge in [0.25, 0.3) is 0 Å². The molecule has 1 aliphatic rings. The van der Waals surface area contributed by atoms with Gasteiger partial charge in [-0.05, 0) is 60.3 Å². The summed E-state index contributed by atoms with van der Waals surface area (Å²) in [6.07, 6.45) is 7.80. The number of nitrogens with zero attached hydrogens (tertiary/aromatic N) is 2. The summed E-state index contributed by atoms with van der Waals surface area (Å²) < 4.78 is 33.9. The maximum atomic E-state index is 13.2. The minimum absolute atomic E-state index is 0.0425. The fourth-order valence-corrected chi connectivity index (χ4v) is 7.96. The van der Waals surface area contributed by atoms with Crippen LogP contribution in [0.3, 0.4) is 0 Å². The number of unbranched alkanes of at least 4 members (excludes halogenated alkanes) is 2. The first-order chi connectivity index (χ1) is 21.4. The number of rotatable bonds is 17. The van der Waals surface area contributed by atoms with Crippen LogP contribution in [0.4, 0.5) is 5.69 Å². The first-order valence-corrected chi connectivity index (χ1v) is 18.5. The Morgan fingerprint density at radius 2 is 1.59 bits per heavy atom. The molecule has 0 fully saturated rings. The molecule has 3 aromatic rings. The molecule has 3 aromatic carbocycles. The highest BCUT2D eigenvalue weighted by molar-refractivity contribution is 7.83. The van der Waals surface area contributed by atoms with Crippen molar-refractivity contribution in [2.75, 3.05) is 49.4 Å². The van der Waals surface area contributed by atoms with Gasteiger partial charge in [-0.15, -0.1) is 35.5 Å². The zero-order valence-corrected chi connectivity index (χ0v) is 28.2. The van der Waals surface area contributed by atoms with E-state index in [2.05, 4.69) is 54.1 Å². The van der Waals surface area contributed by atoms with Gasteiger partial charge < -0.3 is 18.9 Å². The molecule has 0 aliphatic carbocycles. The van der Waals surface area contributed by atoms with E-state index in [1.807, 2.05) is 42.5 Å². The molecule has 0 aromatic heterocycles. The van der Waals surface area contributed by atoms with Gasteiger partial charge in [0.1, 0.15) is 5.75 Å². The predicted molar refractivity (Wildman–Crippen MR) is 182 cm³/mol. The summed E-state index contributed by atoms with van der Waals surface area (Å²) in [6, 6.07) is 26.6. The third-order valence-electron chi connectivity index (χ3n) is 7.64. The maximum Gasteiger partial charge on any atom is 0.363 e. The molecular formula is C34H40Cl3N2O4P. The number of alkyl halides is 2. The van der Waals surface area contributed by atoms with Crippen LogP contribution in [0.2, 0.25) is 0 Å². The molecule has 236 valence electrons. The molecule has 2 unspecified atom stereocenters. The molecule has 4 rings (SSSR count). The van der Waals surface area contributed by atoms with Crippen molar-refractivity contribution in [1.29, 1.82) is 0 Å². The number of halogens is 3. The van der Waals surface area contributed by atoms with Crippen LogP contribution in [0.5, 0.6) is 5.75 Å². The summed E-state index contributed by atoms with van der Waals surface area (Å²) >= 11 is 18.2. The minimum Gasteiger partial charge on any atom is -0.464 e. The SMILES string of the molecule is C#CCCCCN(CC)c1ccc2c(c1)C(c1ccccc1)(c1ccccc1)OC(CCOP(=O)(Cl)N(CCCl)CCCl)O2. The van der Waals surface area contributed by atoms with Gasteiger partial charge in [0.05, 0.1) is 6.61 Å². The van der Waals surface area contributed by atoms with Gasteiger partial charge in [0, 0.05) is 62.0 Å². The van der Waals surface area contributed by atoms with Crippen molar-refractivity contribution >= 4 is 47.0 Å². The van der Waals surface area contributed by atoms with Crippen molar-refractivity contribution in [2.24, 2.45) is 0 Å². The number of anilines is 1. The van der Waals surface area contributed by atoms with Crippen LogP contribution in [0.25, 0.3) is 0 Å². The molecule has 0 N–H and O–H groups in total. The fraction of sp³-hybridized carbons (Fsp3) is 0.412. The van der Waals surface area contributed by atoms with Crippen LogP contribution in [-0.4, -0.2) is 55.5 Å². The first kappa shape index (κ1) is 34.7. The molecule has 0 saturated heterocycles. The van der Waals surface area contributed by atoms with Gasteiger partial charge in [-0.25, -0.2) is 4.67 Å². The molecule has 0 spiro atoms. The summed E-state index contributed by atoms with van der Waals surface area (Å²) in [5, 5.41) is 0. The van der Waals surface area contributed by atoms with Gasteiger partial charge >= 0.3 is 6.87 Å². The molecule has 0 amide bonds. The summed E-state index contributed by atoms with van der Waals surface area (Å²) in [7, 11) is 0. The number of hydrogen-bond donors (Lipinski definition) is 0. The Labute approximate surface area is 276 Å². The summed E-state index contributed by atoms with van der Waals surface area (Å²) in [6.45, 7) is 0.891. The second-order valence-electron chi connectivity index (χ2n) is 10.4. The van der Waals surface area contributed by atoms with E-state index in [9.17, 15) is 4.57 Å². The summed E-state index contributed by atoms with van der Waals surface area (Å²) in [5.41, 5.74) is 2.95. The highest BCUT2D eigenvalue weighted by atomic mass is 35.7. The molecular weight excluding hydrogens is 638 g/mol. The summed E-state index contributed by atoms with van der Waals surface area (Å²) in [4.78, 5) is 2.35. The average molecular weight is 678 g/mol. The smallest absolute Gasteiger partial charge is 0.363 e. The second kappa shape index (κ2) is 16.9. The highest BCUT2D eigenvalue weighted by Gasteiger charge is 2.46. The molecule has 2 atom stereocenters. The Hall–Kier alpha value is -2.20. The Morgan fingerprint density at radius 1 is 0.955 bits per heavy atom. The zero-order valence-electron chi connectivity index (χ0n) is 25.0. The van der Waals surface area contributed by atoms with E-state index in [1.165, 1.54) is 4.67 Å². The summed E-state index contributed by atoms with van der Waals surface area (Å²) in [5.74, 6) is 3.95. The normalized spacial score (nSPS) is 16.9. The number of ether oxygens (including phenoxy) is 2. The standard InChI is InChI=1S/C34H40Cl3N2O4P/c1-3-5-6-13-23-38(4-2)30-18-19-32-31(27-30)34(28-14-9-7-10-15-28,29-16-11-8-12-17-29)43-33(42-32)20-26-41-44(37,40)39(24-21-35)25-22-36/h1,7-12,14-19,27,33H,4-6,13,20-26H2,2H3. The van der Waals surface area contributed by atoms with Crippen LogP contribution < -0.4 is 9.64 Å². The largest absolute Gasteiger partial charge is 0.464 e. The van der Waals surface area contributed by atoms with Gasteiger partial charge in [0.15, 0.2) is 5.60 Å². The molecule has 10 heteroatoms. The van der Waals surface area contributed by atoms with Gasteiger partial charge in [-0.3, -0.25) is 4.57 Å². The lowest BCUT2D eigenvalue weighted by atomic mass is 9.78. The molecule has 1 heterocycles. The zero-order chi connectivity index (χ0) is 31.4. The van der Waals surface area contributed by atoms with Gasteiger partial charge in [0.2, 0.25) is 6.29 Å². The quantitative estimate of drug-likeness (QED) is 0.0616. The number of benzene rings is 3. The predicted octanol–water partition coefficient (Wildman–Crippen LogP) is 8.88. The fourth-order valence-electron chi connectivity index (χ4n) is 5.48. The molecule has 0 bridgehead atoms. The van der Waals surface area contributed by atoms with E-state index in [1.54, 1.807) is 0 Å². The molecule has 0 radical (unpaired) electrons. The van der Waals surface area contributed by atoms with Crippen LogP contribution in [0.15, 0.2) is 78.9 Å². The molecule has 1 aliphatic heterocycles. The lowest BCUT2D eigenvalue weighted by molar-refractivity contribution is -0.168. The van der Waals surface area contributed by atoms with Crippen LogP contribution in [-0.2, 0) is 19.4 Å². The van der Waals surface area contributed by atoms with E-state index in [0.29, 0.717) is 18.8 Å². The molecule has 0 saturated carbocycles. The van der Waals surface area contributed by atoms with Crippen molar-refractivity contribution < 1.29 is 18.6 Å².